The van der Waals surface area contributed by atoms with Gasteiger partial charge in [-0.25, -0.2) is 4.79 Å². The summed E-state index contributed by atoms with van der Waals surface area (Å²) in [5.74, 6) is 0.833. The van der Waals surface area contributed by atoms with Crippen molar-refractivity contribution in [2.24, 2.45) is 0 Å². The van der Waals surface area contributed by atoms with E-state index in [1.54, 1.807) is 6.20 Å². The van der Waals surface area contributed by atoms with Crippen LogP contribution in [0.5, 0.6) is 5.75 Å². The van der Waals surface area contributed by atoms with Crippen LogP contribution in [-0.4, -0.2) is 28.4 Å². The number of hydrogen-bond donors (Lipinski definition) is 1. The van der Waals surface area contributed by atoms with Gasteiger partial charge in [0.1, 0.15) is 5.75 Å². The minimum absolute atomic E-state index is 0.142. The van der Waals surface area contributed by atoms with Crippen molar-refractivity contribution in [2.75, 3.05) is 12.4 Å². The molecule has 0 radical (unpaired) electrons. The molecule has 1 aromatic heterocycles. The van der Waals surface area contributed by atoms with Gasteiger partial charge in [0.25, 0.3) is 0 Å². The van der Waals surface area contributed by atoms with Crippen LogP contribution in [0.15, 0.2) is 47.6 Å². The van der Waals surface area contributed by atoms with Crippen molar-refractivity contribution in [3.63, 3.8) is 0 Å². The highest BCUT2D eigenvalue weighted by molar-refractivity contribution is 7.99. The summed E-state index contributed by atoms with van der Waals surface area (Å²) in [5, 5.41) is 8.92. The zero-order chi connectivity index (χ0) is 13.9. The van der Waals surface area contributed by atoms with Crippen LogP contribution in [0, 0.1) is 0 Å². The maximum atomic E-state index is 10.9. The zero-order valence-corrected chi connectivity index (χ0v) is 11.5. The Morgan fingerprint density at radius 3 is 3.10 bits per heavy atom. The van der Waals surface area contributed by atoms with Crippen molar-refractivity contribution < 1.29 is 14.6 Å². The molecule has 0 amide bonds. The summed E-state index contributed by atoms with van der Waals surface area (Å²) < 4.78 is 5.70. The van der Waals surface area contributed by atoms with Crippen molar-refractivity contribution in [3.8, 4) is 5.75 Å². The highest BCUT2D eigenvalue weighted by Crippen LogP contribution is 2.39. The number of aromatic nitrogens is 1. The molecule has 102 valence electrons. The van der Waals surface area contributed by atoms with Gasteiger partial charge in [-0.15, -0.1) is 11.8 Å². The third-order valence-corrected chi connectivity index (χ3v) is 4.46. The van der Waals surface area contributed by atoms with Gasteiger partial charge in [0.2, 0.25) is 0 Å². The first-order chi connectivity index (χ1) is 9.74. The minimum atomic E-state index is -0.996. The van der Waals surface area contributed by atoms with Gasteiger partial charge >= 0.3 is 5.97 Å². The lowest BCUT2D eigenvalue weighted by molar-refractivity contribution is 0.0696. The van der Waals surface area contributed by atoms with Gasteiger partial charge in [-0.2, -0.15) is 0 Å². The van der Waals surface area contributed by atoms with Gasteiger partial charge in [-0.3, -0.25) is 4.98 Å². The summed E-state index contributed by atoms with van der Waals surface area (Å²) in [6.07, 6.45) is 2.86. The lowest BCUT2D eigenvalue weighted by atomic mass is 10.0. The second-order valence-corrected chi connectivity index (χ2v) is 5.63. The summed E-state index contributed by atoms with van der Waals surface area (Å²) >= 11 is 1.83. The first kappa shape index (κ1) is 13.0. The molecule has 2 heterocycles. The fourth-order valence-corrected chi connectivity index (χ4v) is 3.41. The van der Waals surface area contributed by atoms with Crippen LogP contribution in [0.3, 0.4) is 0 Å². The van der Waals surface area contributed by atoms with Gasteiger partial charge in [0.15, 0.2) is 0 Å². The largest absolute Gasteiger partial charge is 0.491 e. The number of carboxylic acids is 1. The summed E-state index contributed by atoms with van der Waals surface area (Å²) in [7, 11) is 0. The van der Waals surface area contributed by atoms with Crippen molar-refractivity contribution in [3.05, 3.63) is 53.9 Å². The quantitative estimate of drug-likeness (QED) is 0.936. The number of pyridine rings is 1. The normalized spacial score (nSPS) is 16.7. The van der Waals surface area contributed by atoms with Crippen LogP contribution in [0.25, 0.3) is 0 Å². The maximum Gasteiger partial charge on any atom is 0.337 e. The van der Waals surface area contributed by atoms with Gasteiger partial charge in [-0.05, 0) is 17.7 Å². The molecule has 0 bridgehead atoms. The zero-order valence-electron chi connectivity index (χ0n) is 10.7. The predicted molar refractivity (Wildman–Crippen MR) is 76.6 cm³/mol. The molecule has 1 aromatic carbocycles. The second kappa shape index (κ2) is 5.54. The van der Waals surface area contributed by atoms with Crippen LogP contribution < -0.4 is 4.74 Å². The smallest absolute Gasteiger partial charge is 0.337 e. The fourth-order valence-electron chi connectivity index (χ4n) is 2.18. The number of rotatable bonds is 4. The van der Waals surface area contributed by atoms with Crippen LogP contribution in [0.2, 0.25) is 0 Å². The molecule has 0 aliphatic carbocycles. The molecule has 1 atom stereocenters. The molecule has 1 aliphatic heterocycles. The number of benzene rings is 1. The lowest BCUT2D eigenvalue weighted by Crippen LogP contribution is -2.10. The van der Waals surface area contributed by atoms with Crippen LogP contribution in [0.4, 0.5) is 0 Å². The van der Waals surface area contributed by atoms with E-state index in [1.165, 1.54) is 22.7 Å². The Labute approximate surface area is 120 Å². The Morgan fingerprint density at radius 1 is 1.40 bits per heavy atom. The highest BCUT2D eigenvalue weighted by Gasteiger charge is 2.23. The maximum absolute atomic E-state index is 10.9. The highest BCUT2D eigenvalue weighted by atomic mass is 32.2. The Hall–Kier alpha value is -2.01. The molecule has 5 heteroatoms. The molecule has 4 nitrogen and oxygen atoms in total. The van der Waals surface area contributed by atoms with E-state index in [4.69, 9.17) is 9.84 Å². The van der Waals surface area contributed by atoms with E-state index < -0.39 is 5.97 Å². The third kappa shape index (κ3) is 2.63. The Balaban J connectivity index is 1.69. The number of nitrogens with zero attached hydrogens (tertiary/aromatic N) is 1. The molecule has 0 saturated heterocycles. The number of fused-ring (bicyclic) bond motifs is 1. The lowest BCUT2D eigenvalue weighted by Gasteiger charge is -2.12. The van der Waals surface area contributed by atoms with E-state index in [0.29, 0.717) is 18.3 Å². The first-order valence-corrected chi connectivity index (χ1v) is 7.25. The number of carboxylic acid groups (broad SMARTS) is 1. The molecule has 1 unspecified atom stereocenters. The van der Waals surface area contributed by atoms with Gasteiger partial charge in [0.05, 0.1) is 18.4 Å². The van der Waals surface area contributed by atoms with Gasteiger partial charge in [0, 0.05) is 22.8 Å². The Morgan fingerprint density at radius 2 is 2.25 bits per heavy atom. The second-order valence-electron chi connectivity index (χ2n) is 4.57. The Kier molecular flexibility index (Phi) is 3.60. The van der Waals surface area contributed by atoms with Crippen molar-refractivity contribution in [1.82, 2.24) is 4.98 Å². The van der Waals surface area contributed by atoms with Crippen molar-refractivity contribution in [2.45, 2.75) is 10.8 Å². The predicted octanol–water partition coefficient (Wildman–Crippen LogP) is 3.05. The monoisotopic (exact) mass is 287 g/mol. The summed E-state index contributed by atoms with van der Waals surface area (Å²) in [6, 6.07) is 9.81. The average molecular weight is 287 g/mol. The summed E-state index contributed by atoms with van der Waals surface area (Å²) in [4.78, 5) is 16.1. The van der Waals surface area contributed by atoms with Crippen LogP contribution in [-0.2, 0) is 0 Å². The molecule has 3 rings (SSSR count). The minimum Gasteiger partial charge on any atom is -0.491 e. The van der Waals surface area contributed by atoms with E-state index in [2.05, 4.69) is 17.1 Å². The van der Waals surface area contributed by atoms with E-state index in [9.17, 15) is 4.79 Å². The SMILES string of the molecule is O=C(O)c1cncc(OCC2CSc3ccccc32)c1. The number of thioether (sulfide) groups is 1. The molecular formula is C15H13NO3S. The molecule has 1 N–H and O–H groups in total. The Bertz CT molecular complexity index is 645. The summed E-state index contributed by atoms with van der Waals surface area (Å²) in [6.45, 7) is 0.536. The molecule has 0 fully saturated rings. The number of hydrogen-bond acceptors (Lipinski definition) is 4. The van der Waals surface area contributed by atoms with E-state index in [0.717, 1.165) is 5.75 Å². The molecule has 1 aliphatic rings. The van der Waals surface area contributed by atoms with Crippen molar-refractivity contribution >= 4 is 17.7 Å². The molecule has 2 aromatic rings. The van der Waals surface area contributed by atoms with E-state index in [-0.39, 0.29) is 5.56 Å². The standard InChI is InChI=1S/C15H13NO3S/c17-15(18)10-5-12(7-16-6-10)19-8-11-9-20-14-4-2-1-3-13(11)14/h1-7,11H,8-9H2,(H,17,18). The van der Waals surface area contributed by atoms with Crippen LogP contribution >= 0.6 is 11.8 Å². The number of ether oxygens (including phenoxy) is 1. The fraction of sp³-hybridized carbons (Fsp3) is 0.200. The molecule has 0 saturated carbocycles. The average Bonchev–Trinajstić information content (AvgIpc) is 2.89. The number of carbonyl (C=O) groups is 1. The van der Waals surface area contributed by atoms with E-state index >= 15 is 0 Å². The molecular weight excluding hydrogens is 274 g/mol. The molecule has 20 heavy (non-hydrogen) atoms. The number of aromatic carboxylic acids is 1. The molecule has 0 spiro atoms. The third-order valence-electron chi connectivity index (χ3n) is 3.21. The van der Waals surface area contributed by atoms with Gasteiger partial charge < -0.3 is 9.84 Å². The van der Waals surface area contributed by atoms with E-state index in [1.807, 2.05) is 23.9 Å². The summed E-state index contributed by atoms with van der Waals surface area (Å²) in [5.41, 5.74) is 1.45. The van der Waals surface area contributed by atoms with Gasteiger partial charge in [-0.1, -0.05) is 18.2 Å². The van der Waals surface area contributed by atoms with Crippen LogP contribution in [0.1, 0.15) is 21.8 Å². The topological polar surface area (TPSA) is 59.4 Å². The van der Waals surface area contributed by atoms with Crippen molar-refractivity contribution in [1.29, 1.82) is 0 Å². The first-order valence-electron chi connectivity index (χ1n) is 6.27.